The number of halogens is 1. The topological polar surface area (TPSA) is 22.6 Å². The number of aryl methyl sites for hydroxylation is 1. The molecular formula is C16H16BrNO2. The van der Waals surface area contributed by atoms with Crippen LogP contribution in [0.3, 0.4) is 0 Å². The molecule has 0 spiro atoms. The van der Waals surface area contributed by atoms with Crippen LogP contribution in [-0.4, -0.2) is 14.2 Å². The van der Waals surface area contributed by atoms with Crippen molar-refractivity contribution in [1.82, 2.24) is 0 Å². The lowest BCUT2D eigenvalue weighted by Crippen LogP contribution is -3.00. The van der Waals surface area contributed by atoms with Crippen LogP contribution in [0.4, 0.5) is 0 Å². The number of pyridine rings is 2. The Kier molecular flexibility index (Phi) is 4.14. The van der Waals surface area contributed by atoms with Gasteiger partial charge >= 0.3 is 0 Å². The van der Waals surface area contributed by atoms with Gasteiger partial charge in [-0.2, -0.15) is 4.40 Å². The predicted octanol–water partition coefficient (Wildman–Crippen LogP) is -0.0919. The van der Waals surface area contributed by atoms with Crippen molar-refractivity contribution in [3.05, 3.63) is 48.3 Å². The van der Waals surface area contributed by atoms with Gasteiger partial charge in [-0.05, 0) is 24.6 Å². The van der Waals surface area contributed by atoms with Crippen molar-refractivity contribution in [3.63, 3.8) is 0 Å². The van der Waals surface area contributed by atoms with Gasteiger partial charge < -0.3 is 26.5 Å². The molecule has 4 heteroatoms. The van der Waals surface area contributed by atoms with Crippen LogP contribution in [0.15, 0.2) is 42.7 Å². The third-order valence-electron chi connectivity index (χ3n) is 3.44. The van der Waals surface area contributed by atoms with Crippen LogP contribution in [0.2, 0.25) is 0 Å². The first-order valence-electron chi connectivity index (χ1n) is 6.20. The molecule has 3 rings (SSSR count). The highest BCUT2D eigenvalue weighted by molar-refractivity contribution is 5.94. The fraction of sp³-hybridized carbons (Fsp3) is 0.188. The smallest absolute Gasteiger partial charge is 0.211 e. The summed E-state index contributed by atoms with van der Waals surface area (Å²) in [5.74, 6) is 1.56. The van der Waals surface area contributed by atoms with E-state index >= 15 is 0 Å². The first kappa shape index (κ1) is 14.6. The molecule has 0 aliphatic heterocycles. The second-order valence-electron chi connectivity index (χ2n) is 4.56. The second-order valence-corrected chi connectivity index (χ2v) is 4.56. The van der Waals surface area contributed by atoms with Crippen molar-refractivity contribution in [2.45, 2.75) is 6.92 Å². The van der Waals surface area contributed by atoms with E-state index in [1.807, 2.05) is 24.4 Å². The number of hydrogen-bond donors (Lipinski definition) is 0. The summed E-state index contributed by atoms with van der Waals surface area (Å²) in [5.41, 5.74) is 2.30. The Morgan fingerprint density at radius 3 is 2.50 bits per heavy atom. The molecule has 0 unspecified atom stereocenters. The molecule has 0 saturated heterocycles. The zero-order valence-corrected chi connectivity index (χ0v) is 13.3. The maximum Gasteiger partial charge on any atom is 0.211 e. The van der Waals surface area contributed by atoms with Gasteiger partial charge in [0.25, 0.3) is 0 Å². The Labute approximate surface area is 128 Å². The number of hydrogen-bond acceptors (Lipinski definition) is 2. The van der Waals surface area contributed by atoms with E-state index in [1.54, 1.807) is 14.2 Å². The summed E-state index contributed by atoms with van der Waals surface area (Å²) in [6.45, 7) is 2.08. The van der Waals surface area contributed by atoms with Gasteiger partial charge in [-0.3, -0.25) is 0 Å². The molecule has 3 aromatic rings. The Hall–Kier alpha value is -1.81. The largest absolute Gasteiger partial charge is 1.00 e. The van der Waals surface area contributed by atoms with Gasteiger partial charge in [0.2, 0.25) is 5.52 Å². The number of aromatic nitrogens is 1. The number of nitrogens with zero attached hydrogens (tertiary/aromatic N) is 1. The van der Waals surface area contributed by atoms with E-state index in [9.17, 15) is 0 Å². The van der Waals surface area contributed by atoms with Crippen molar-refractivity contribution < 1.29 is 30.9 Å². The quantitative estimate of drug-likeness (QED) is 0.483. The molecule has 0 aliphatic carbocycles. The van der Waals surface area contributed by atoms with Gasteiger partial charge in [0.1, 0.15) is 0 Å². The standard InChI is InChI=1S/C16H16NO2.BrH/c1-11-8-15(18-2)16(19-3)13-9-12-6-4-5-7-17(12)10-14(11)13;/h4-10H,1-3H3;1H/q+1;/p-1. The Balaban J connectivity index is 0.00000147. The van der Waals surface area contributed by atoms with Crippen LogP contribution in [-0.2, 0) is 0 Å². The zero-order chi connectivity index (χ0) is 13.4. The Morgan fingerprint density at radius 1 is 1.00 bits per heavy atom. The maximum absolute atomic E-state index is 5.52. The summed E-state index contributed by atoms with van der Waals surface area (Å²) < 4.78 is 13.0. The monoisotopic (exact) mass is 333 g/mol. The summed E-state index contributed by atoms with van der Waals surface area (Å²) in [5, 5.41) is 2.24. The predicted molar refractivity (Wildman–Crippen MR) is 74.9 cm³/mol. The average molecular weight is 334 g/mol. The fourth-order valence-electron chi connectivity index (χ4n) is 2.48. The van der Waals surface area contributed by atoms with Gasteiger partial charge in [-0.15, -0.1) is 0 Å². The molecule has 2 heterocycles. The minimum atomic E-state index is 0. The third-order valence-corrected chi connectivity index (χ3v) is 3.44. The van der Waals surface area contributed by atoms with Crippen LogP contribution < -0.4 is 30.9 Å². The zero-order valence-electron chi connectivity index (χ0n) is 11.7. The average Bonchev–Trinajstić information content (AvgIpc) is 2.45. The van der Waals surface area contributed by atoms with Crippen LogP contribution in [0.1, 0.15) is 5.56 Å². The number of methoxy groups -OCH3 is 2. The molecular weight excluding hydrogens is 318 g/mol. The molecule has 0 atom stereocenters. The van der Waals surface area contributed by atoms with Crippen molar-refractivity contribution >= 4 is 16.3 Å². The lowest BCUT2D eigenvalue weighted by atomic mass is 10.1. The first-order valence-corrected chi connectivity index (χ1v) is 6.20. The molecule has 3 nitrogen and oxygen atoms in total. The summed E-state index contributed by atoms with van der Waals surface area (Å²) in [6.07, 6.45) is 4.17. The normalized spacial score (nSPS) is 10.3. The molecule has 0 radical (unpaired) electrons. The third kappa shape index (κ3) is 2.20. The molecule has 1 aromatic carbocycles. The summed E-state index contributed by atoms with van der Waals surface area (Å²) in [6, 6.07) is 10.3. The Bertz CT molecular complexity index is 771. The highest BCUT2D eigenvalue weighted by Crippen LogP contribution is 2.37. The summed E-state index contributed by atoms with van der Waals surface area (Å²) in [7, 11) is 3.34. The summed E-state index contributed by atoms with van der Waals surface area (Å²) in [4.78, 5) is 0. The number of ether oxygens (including phenoxy) is 2. The molecule has 20 heavy (non-hydrogen) atoms. The van der Waals surface area contributed by atoms with Gasteiger partial charge in [0, 0.05) is 23.6 Å². The minimum Gasteiger partial charge on any atom is -1.00 e. The first-order chi connectivity index (χ1) is 9.24. The van der Waals surface area contributed by atoms with Gasteiger partial charge in [-0.1, -0.05) is 0 Å². The van der Waals surface area contributed by atoms with E-state index in [4.69, 9.17) is 9.47 Å². The molecule has 0 fully saturated rings. The molecule has 0 aliphatic rings. The van der Waals surface area contributed by atoms with Crippen LogP contribution >= 0.6 is 0 Å². The van der Waals surface area contributed by atoms with Crippen molar-refractivity contribution in [3.8, 4) is 11.5 Å². The molecule has 2 aromatic heterocycles. The SMILES string of the molecule is COc1cc(C)c2c[n+]3ccccc3cc2c1OC.[Br-]. The van der Waals surface area contributed by atoms with E-state index in [0.29, 0.717) is 0 Å². The van der Waals surface area contributed by atoms with Gasteiger partial charge in [0.15, 0.2) is 23.9 Å². The number of fused-ring (bicyclic) bond motifs is 2. The van der Waals surface area contributed by atoms with E-state index in [2.05, 4.69) is 29.7 Å². The van der Waals surface area contributed by atoms with E-state index in [1.165, 1.54) is 10.9 Å². The summed E-state index contributed by atoms with van der Waals surface area (Å²) >= 11 is 0. The van der Waals surface area contributed by atoms with E-state index in [0.717, 1.165) is 22.4 Å². The lowest BCUT2D eigenvalue weighted by molar-refractivity contribution is -0.510. The van der Waals surface area contributed by atoms with Crippen molar-refractivity contribution in [2.75, 3.05) is 14.2 Å². The lowest BCUT2D eigenvalue weighted by Gasteiger charge is -2.12. The van der Waals surface area contributed by atoms with E-state index < -0.39 is 0 Å². The van der Waals surface area contributed by atoms with Crippen LogP contribution in [0, 0.1) is 6.92 Å². The number of benzene rings is 1. The molecule has 0 saturated carbocycles. The molecule has 104 valence electrons. The van der Waals surface area contributed by atoms with Crippen molar-refractivity contribution in [2.24, 2.45) is 0 Å². The molecule has 0 bridgehead atoms. The minimum absolute atomic E-state index is 0. The van der Waals surface area contributed by atoms with E-state index in [-0.39, 0.29) is 17.0 Å². The van der Waals surface area contributed by atoms with Crippen molar-refractivity contribution in [1.29, 1.82) is 0 Å². The van der Waals surface area contributed by atoms with Gasteiger partial charge in [0.05, 0.1) is 19.6 Å². The highest BCUT2D eigenvalue weighted by Gasteiger charge is 2.15. The molecule has 0 N–H and O–H groups in total. The van der Waals surface area contributed by atoms with Crippen LogP contribution in [0.25, 0.3) is 16.3 Å². The van der Waals surface area contributed by atoms with Gasteiger partial charge in [-0.25, -0.2) is 0 Å². The maximum atomic E-state index is 5.52. The Morgan fingerprint density at radius 2 is 1.80 bits per heavy atom. The second kappa shape index (κ2) is 5.67. The fourth-order valence-corrected chi connectivity index (χ4v) is 2.48. The number of rotatable bonds is 2. The highest BCUT2D eigenvalue weighted by atomic mass is 79.9. The molecule has 0 amide bonds. The van der Waals surface area contributed by atoms with Crippen LogP contribution in [0.5, 0.6) is 11.5 Å².